The normalized spacial score (nSPS) is 10.7. The zero-order valence-electron chi connectivity index (χ0n) is 7.71. The lowest BCUT2D eigenvalue weighted by molar-refractivity contribution is 0.112. The minimum absolute atomic E-state index is 0.240. The topological polar surface area (TPSA) is 17.1 Å². The van der Waals surface area contributed by atoms with Gasteiger partial charge in [0.2, 0.25) is 0 Å². The first-order valence-electron chi connectivity index (χ1n) is 4.42. The first-order valence-corrected chi connectivity index (χ1v) is 5.24. The Morgan fingerprint density at radius 1 is 1.50 bits per heavy atom. The third kappa shape index (κ3) is 1.34. The van der Waals surface area contributed by atoms with E-state index in [4.69, 9.17) is 0 Å². The van der Waals surface area contributed by atoms with Crippen molar-refractivity contribution in [3.63, 3.8) is 0 Å². The van der Waals surface area contributed by atoms with Crippen LogP contribution in [0.15, 0.2) is 18.2 Å². The molecular formula is C11H9FOS. The van der Waals surface area contributed by atoms with E-state index in [1.807, 2.05) is 13.0 Å². The molecule has 0 spiro atoms. The first kappa shape index (κ1) is 9.34. The van der Waals surface area contributed by atoms with Crippen molar-refractivity contribution in [2.24, 2.45) is 0 Å². The van der Waals surface area contributed by atoms with Gasteiger partial charge < -0.3 is 0 Å². The van der Waals surface area contributed by atoms with Crippen molar-refractivity contribution in [1.29, 1.82) is 0 Å². The van der Waals surface area contributed by atoms with Crippen LogP contribution in [0.4, 0.5) is 4.39 Å². The second-order valence-corrected chi connectivity index (χ2v) is 4.20. The Kier molecular flexibility index (Phi) is 2.33. The average molecular weight is 208 g/mol. The van der Waals surface area contributed by atoms with Crippen molar-refractivity contribution < 1.29 is 9.18 Å². The van der Waals surface area contributed by atoms with Crippen LogP contribution in [0.5, 0.6) is 0 Å². The van der Waals surface area contributed by atoms with Crippen LogP contribution in [0.25, 0.3) is 10.1 Å². The molecule has 72 valence electrons. The lowest BCUT2D eigenvalue weighted by atomic mass is 10.1. The van der Waals surface area contributed by atoms with Crippen molar-refractivity contribution in [1.82, 2.24) is 0 Å². The molecule has 2 rings (SSSR count). The fourth-order valence-electron chi connectivity index (χ4n) is 1.44. The van der Waals surface area contributed by atoms with Gasteiger partial charge in [-0.2, -0.15) is 0 Å². The van der Waals surface area contributed by atoms with Crippen LogP contribution in [0.2, 0.25) is 0 Å². The van der Waals surface area contributed by atoms with Gasteiger partial charge in [-0.3, -0.25) is 4.79 Å². The number of halogens is 1. The van der Waals surface area contributed by atoms with Crippen molar-refractivity contribution >= 4 is 27.7 Å². The molecule has 2 aromatic rings. The Morgan fingerprint density at radius 2 is 2.29 bits per heavy atom. The molecule has 1 aromatic carbocycles. The van der Waals surface area contributed by atoms with Crippen LogP contribution in [-0.2, 0) is 6.42 Å². The zero-order valence-corrected chi connectivity index (χ0v) is 8.53. The summed E-state index contributed by atoms with van der Waals surface area (Å²) in [5, 5.41) is 0.738. The van der Waals surface area contributed by atoms with Crippen LogP contribution in [0.1, 0.15) is 22.2 Å². The number of aldehydes is 1. The highest BCUT2D eigenvalue weighted by atomic mass is 32.1. The number of aryl methyl sites for hydroxylation is 1. The highest BCUT2D eigenvalue weighted by Crippen LogP contribution is 2.30. The monoisotopic (exact) mass is 208 g/mol. The Hall–Kier alpha value is -1.22. The van der Waals surface area contributed by atoms with Gasteiger partial charge in [-0.25, -0.2) is 4.39 Å². The Balaban J connectivity index is 2.81. The van der Waals surface area contributed by atoms with Crippen molar-refractivity contribution in [3.05, 3.63) is 34.5 Å². The summed E-state index contributed by atoms with van der Waals surface area (Å²) in [6.45, 7) is 2.02. The summed E-state index contributed by atoms with van der Waals surface area (Å²) in [5.41, 5.74) is 0.567. The molecule has 1 aromatic heterocycles. The molecule has 14 heavy (non-hydrogen) atoms. The number of benzene rings is 1. The van der Waals surface area contributed by atoms with Gasteiger partial charge >= 0.3 is 0 Å². The van der Waals surface area contributed by atoms with Crippen LogP contribution >= 0.6 is 11.3 Å². The second-order valence-electron chi connectivity index (χ2n) is 3.06. The fourth-order valence-corrected chi connectivity index (χ4v) is 2.47. The average Bonchev–Trinajstić information content (AvgIpc) is 2.63. The van der Waals surface area contributed by atoms with Gasteiger partial charge in [-0.15, -0.1) is 11.3 Å². The summed E-state index contributed by atoms with van der Waals surface area (Å²) < 4.78 is 13.9. The van der Waals surface area contributed by atoms with E-state index in [0.29, 0.717) is 10.3 Å². The summed E-state index contributed by atoms with van der Waals surface area (Å²) in [6, 6.07) is 4.77. The molecule has 0 fully saturated rings. The molecule has 3 heteroatoms. The molecule has 0 amide bonds. The highest BCUT2D eigenvalue weighted by molar-refractivity contribution is 7.19. The molecule has 0 unspecified atom stereocenters. The molecule has 0 saturated carbocycles. The van der Waals surface area contributed by atoms with Gasteiger partial charge in [0.05, 0.1) is 4.70 Å². The molecule has 0 radical (unpaired) electrons. The minimum Gasteiger partial charge on any atom is -0.298 e. The van der Waals surface area contributed by atoms with E-state index in [2.05, 4.69) is 0 Å². The Morgan fingerprint density at radius 3 is 2.93 bits per heavy atom. The third-order valence-corrected chi connectivity index (χ3v) is 3.48. The number of rotatable bonds is 2. The van der Waals surface area contributed by atoms with Crippen LogP contribution in [-0.4, -0.2) is 6.29 Å². The highest BCUT2D eigenvalue weighted by Gasteiger charge is 2.08. The molecule has 0 aliphatic heterocycles. The van der Waals surface area contributed by atoms with Crippen LogP contribution in [0, 0.1) is 5.82 Å². The van der Waals surface area contributed by atoms with Crippen molar-refractivity contribution in [3.8, 4) is 0 Å². The van der Waals surface area contributed by atoms with Crippen molar-refractivity contribution in [2.45, 2.75) is 13.3 Å². The molecule has 1 nitrogen and oxygen atoms in total. The number of carbonyl (C=O) groups is 1. The number of hydrogen-bond acceptors (Lipinski definition) is 2. The van der Waals surface area contributed by atoms with Crippen LogP contribution < -0.4 is 0 Å². The van der Waals surface area contributed by atoms with E-state index in [9.17, 15) is 9.18 Å². The number of fused-ring (bicyclic) bond motifs is 1. The van der Waals surface area contributed by atoms with Crippen LogP contribution in [0.3, 0.4) is 0 Å². The summed E-state index contributed by atoms with van der Waals surface area (Å²) in [6.07, 6.45) is 1.64. The van der Waals surface area contributed by atoms with Gasteiger partial charge in [0.15, 0.2) is 6.29 Å². The largest absolute Gasteiger partial charge is 0.298 e. The molecule has 1 heterocycles. The van der Waals surface area contributed by atoms with Crippen molar-refractivity contribution in [2.75, 3.05) is 0 Å². The molecule has 0 atom stereocenters. The zero-order chi connectivity index (χ0) is 10.1. The van der Waals surface area contributed by atoms with E-state index in [1.165, 1.54) is 23.5 Å². The maximum atomic E-state index is 13.3. The minimum atomic E-state index is -0.240. The lowest BCUT2D eigenvalue weighted by Gasteiger charge is -1.94. The van der Waals surface area contributed by atoms with E-state index in [-0.39, 0.29) is 5.82 Å². The number of carbonyl (C=O) groups excluding carboxylic acids is 1. The molecule has 0 aliphatic rings. The maximum absolute atomic E-state index is 13.3. The fraction of sp³-hybridized carbons (Fsp3) is 0.182. The van der Waals surface area contributed by atoms with Gasteiger partial charge in [-0.1, -0.05) is 6.92 Å². The molecule has 0 saturated heterocycles. The van der Waals surface area contributed by atoms with Gasteiger partial charge in [0, 0.05) is 15.8 Å². The van der Waals surface area contributed by atoms with Gasteiger partial charge in [0.1, 0.15) is 5.82 Å². The first-order chi connectivity index (χ1) is 6.76. The molecule has 0 bridgehead atoms. The number of hydrogen-bond donors (Lipinski definition) is 0. The van der Waals surface area contributed by atoms with E-state index >= 15 is 0 Å². The quantitative estimate of drug-likeness (QED) is 0.691. The summed E-state index contributed by atoms with van der Waals surface area (Å²) in [5.74, 6) is -0.240. The van der Waals surface area contributed by atoms with Gasteiger partial charge in [0.25, 0.3) is 0 Å². The molecule has 0 aliphatic carbocycles. The SMILES string of the molecule is CCc1cc2c(C=O)ccc(F)c2s1. The summed E-state index contributed by atoms with van der Waals surface area (Å²) in [4.78, 5) is 11.8. The van der Waals surface area contributed by atoms with Gasteiger partial charge in [-0.05, 0) is 24.6 Å². The smallest absolute Gasteiger partial charge is 0.150 e. The molecular weight excluding hydrogens is 199 g/mol. The third-order valence-electron chi connectivity index (χ3n) is 2.20. The maximum Gasteiger partial charge on any atom is 0.150 e. The van der Waals surface area contributed by atoms with E-state index < -0.39 is 0 Å². The van der Waals surface area contributed by atoms with E-state index in [0.717, 1.165) is 23.0 Å². The summed E-state index contributed by atoms with van der Waals surface area (Å²) >= 11 is 1.42. The molecule has 0 N–H and O–H groups in total. The predicted molar refractivity (Wildman–Crippen MR) is 56.5 cm³/mol. The number of thiophene rings is 1. The summed E-state index contributed by atoms with van der Waals surface area (Å²) in [7, 11) is 0. The predicted octanol–water partition coefficient (Wildman–Crippen LogP) is 3.42. The second kappa shape index (κ2) is 3.50. The Bertz CT molecular complexity index is 487. The standard InChI is InChI=1S/C11H9FOS/c1-2-8-5-9-7(6-13)3-4-10(12)11(9)14-8/h3-6H,2H2,1H3. The Labute approximate surface area is 85.2 Å². The lowest BCUT2D eigenvalue weighted by Crippen LogP contribution is -1.82. The van der Waals surface area contributed by atoms with E-state index in [1.54, 1.807) is 0 Å².